The van der Waals surface area contributed by atoms with E-state index in [-0.39, 0.29) is 11.3 Å². The van der Waals surface area contributed by atoms with Crippen LogP contribution in [0, 0.1) is 5.92 Å². The molecule has 6 aliphatic rings. The van der Waals surface area contributed by atoms with Crippen molar-refractivity contribution in [2.75, 3.05) is 4.90 Å². The van der Waals surface area contributed by atoms with Gasteiger partial charge in [0.25, 0.3) is 0 Å². The molecule has 3 nitrogen and oxygen atoms in total. The Hall–Kier alpha value is -7.88. The lowest BCUT2D eigenvalue weighted by Gasteiger charge is -2.36. The molecule has 0 bridgehead atoms. The highest BCUT2D eigenvalue weighted by Crippen LogP contribution is 2.66. The van der Waals surface area contributed by atoms with Crippen LogP contribution in [0.25, 0.3) is 68.1 Å². The first-order chi connectivity index (χ1) is 33.8. The lowest BCUT2D eigenvalue weighted by molar-refractivity contribution is 0.465. The number of nitrogens with zero attached hydrogens (tertiary/aromatic N) is 3. The Morgan fingerprint density at radius 3 is 2.19 bits per heavy atom. The summed E-state index contributed by atoms with van der Waals surface area (Å²) in [7, 11) is 0. The van der Waals surface area contributed by atoms with Gasteiger partial charge < -0.3 is 14.0 Å². The molecule has 68 heavy (non-hydrogen) atoms. The monoisotopic (exact) mass is 871 g/mol. The maximum absolute atomic E-state index is 2.72. The van der Waals surface area contributed by atoms with Crippen LogP contribution in [0.4, 0.5) is 11.4 Å². The lowest BCUT2D eigenvalue weighted by Crippen LogP contribution is -2.38. The van der Waals surface area contributed by atoms with Gasteiger partial charge in [0.2, 0.25) is 0 Å². The number of rotatable bonds is 5. The van der Waals surface area contributed by atoms with Crippen LogP contribution in [0.3, 0.4) is 0 Å². The van der Waals surface area contributed by atoms with Gasteiger partial charge >= 0.3 is 0 Å². The van der Waals surface area contributed by atoms with Crippen LogP contribution < -0.4 is 15.5 Å². The molecule has 3 atom stereocenters. The van der Waals surface area contributed by atoms with Crippen molar-refractivity contribution in [1.29, 1.82) is 0 Å². The highest BCUT2D eigenvalue weighted by molar-refractivity contribution is 6.02. The Balaban J connectivity index is 1.05. The summed E-state index contributed by atoms with van der Waals surface area (Å²) in [5.41, 5.74) is 21.2. The molecule has 3 heteroatoms. The Bertz CT molecular complexity index is 3890. The van der Waals surface area contributed by atoms with Crippen molar-refractivity contribution in [1.82, 2.24) is 9.13 Å². The molecule has 0 radical (unpaired) electrons. The van der Waals surface area contributed by atoms with Gasteiger partial charge in [0.1, 0.15) is 0 Å². The van der Waals surface area contributed by atoms with E-state index in [9.17, 15) is 0 Å². The van der Waals surface area contributed by atoms with Crippen molar-refractivity contribution in [2.45, 2.75) is 49.9 Å². The zero-order valence-electron chi connectivity index (χ0n) is 37.9. The van der Waals surface area contributed by atoms with Crippen LogP contribution in [0.2, 0.25) is 0 Å². The molecule has 324 valence electrons. The van der Waals surface area contributed by atoms with Gasteiger partial charge in [0, 0.05) is 73.3 Å². The van der Waals surface area contributed by atoms with Gasteiger partial charge in [-0.15, -0.1) is 0 Å². The second-order valence-corrected chi connectivity index (χ2v) is 19.6. The van der Waals surface area contributed by atoms with Crippen molar-refractivity contribution in [3.05, 3.63) is 250 Å². The van der Waals surface area contributed by atoms with Crippen molar-refractivity contribution >= 4 is 57.0 Å². The molecular weight excluding hydrogens is 823 g/mol. The fraction of sp³-hybridized carbons (Fsp3) is 0.138. The molecule has 3 unspecified atom stereocenters. The molecule has 2 aromatic heterocycles. The minimum absolute atomic E-state index is 0.264. The minimum atomic E-state index is -0.325. The quantitative estimate of drug-likeness (QED) is 0.168. The molecule has 0 saturated heterocycles. The van der Waals surface area contributed by atoms with Gasteiger partial charge in [0.05, 0.1) is 22.0 Å². The third kappa shape index (κ3) is 5.14. The Morgan fingerprint density at radius 1 is 0.544 bits per heavy atom. The molecule has 6 aliphatic carbocycles. The van der Waals surface area contributed by atoms with Crippen molar-refractivity contribution in [3.8, 4) is 22.5 Å². The Kier molecular flexibility index (Phi) is 8.19. The predicted molar refractivity (Wildman–Crippen MR) is 282 cm³/mol. The first kappa shape index (κ1) is 38.2. The molecule has 0 N–H and O–H groups in total. The molecule has 2 heterocycles. The molecule has 0 saturated carbocycles. The normalized spacial score (nSPS) is 19.9. The third-order valence-corrected chi connectivity index (χ3v) is 16.4. The number of para-hydroxylation sites is 1. The largest absolute Gasteiger partial charge is 0.313 e. The van der Waals surface area contributed by atoms with E-state index in [0.717, 1.165) is 38.5 Å². The van der Waals surface area contributed by atoms with Crippen molar-refractivity contribution < 1.29 is 0 Å². The number of aromatic nitrogens is 2. The summed E-state index contributed by atoms with van der Waals surface area (Å²) in [6.45, 7) is 0. The number of fused-ring (bicyclic) bond motifs is 17. The van der Waals surface area contributed by atoms with Gasteiger partial charge in [0.15, 0.2) is 0 Å². The fourth-order valence-corrected chi connectivity index (χ4v) is 13.8. The summed E-state index contributed by atoms with van der Waals surface area (Å²) >= 11 is 0. The summed E-state index contributed by atoms with van der Waals surface area (Å²) in [6.07, 6.45) is 27.6. The van der Waals surface area contributed by atoms with E-state index >= 15 is 0 Å². The number of hydrogen-bond acceptors (Lipinski definition) is 1. The van der Waals surface area contributed by atoms with Crippen molar-refractivity contribution in [2.24, 2.45) is 5.92 Å². The second-order valence-electron chi connectivity index (χ2n) is 19.6. The summed E-state index contributed by atoms with van der Waals surface area (Å²) in [5, 5.41) is 6.53. The fourth-order valence-electron chi connectivity index (χ4n) is 13.8. The van der Waals surface area contributed by atoms with E-state index < -0.39 is 0 Å². The van der Waals surface area contributed by atoms with E-state index in [1.807, 2.05) is 0 Å². The van der Waals surface area contributed by atoms with Gasteiger partial charge in [-0.05, 0) is 126 Å². The molecular formula is C65H49N3. The molecule has 1 spiro atoms. The number of allylic oxidation sites excluding steroid dienone is 6. The van der Waals surface area contributed by atoms with Crippen LogP contribution in [-0.4, -0.2) is 9.13 Å². The Morgan fingerprint density at radius 2 is 1.29 bits per heavy atom. The zero-order chi connectivity index (χ0) is 44.5. The van der Waals surface area contributed by atoms with Crippen molar-refractivity contribution in [3.63, 3.8) is 0 Å². The zero-order valence-corrected chi connectivity index (χ0v) is 37.9. The third-order valence-electron chi connectivity index (χ3n) is 16.4. The summed E-state index contributed by atoms with van der Waals surface area (Å²) in [5.74, 6) is 0.573. The summed E-state index contributed by atoms with van der Waals surface area (Å²) < 4.78 is 5.13. The number of hydrogen-bond donors (Lipinski definition) is 0. The van der Waals surface area contributed by atoms with Gasteiger partial charge in [-0.1, -0.05) is 164 Å². The maximum atomic E-state index is 2.72. The van der Waals surface area contributed by atoms with Crippen LogP contribution in [-0.2, 0) is 18.3 Å². The molecule has 15 rings (SSSR count). The van der Waals surface area contributed by atoms with E-state index in [1.165, 1.54) is 117 Å². The standard InChI is InChI=1S/C65H49N3/c1-2-20-44(21-3-1)66-57-31-14-9-24-49(57)52-41-46(38-39-59(52)66)68(62-35-17-34-61-64(62)51-26-10-15-32-58(51)67(61)45-37-36-42-18-4-5-19-43(42)40-45)60-33-16-30-56-63(60)50-25-8-13-29-55(50)65(56)53-27-11-6-22-47(53)48-23-7-12-28-54(48)65/h1-13,16,18-30,33-34,36-41,47,53H,14-15,17,31-32,35H2. The maximum Gasteiger partial charge on any atom is 0.0540 e. The minimum Gasteiger partial charge on any atom is -0.313 e. The van der Waals surface area contributed by atoms with Crippen LogP contribution in [0.1, 0.15) is 76.4 Å². The molecule has 7 aromatic carbocycles. The highest BCUT2D eigenvalue weighted by Gasteiger charge is 2.57. The van der Waals surface area contributed by atoms with Crippen LogP contribution >= 0.6 is 0 Å². The summed E-state index contributed by atoms with van der Waals surface area (Å²) in [6, 6.07) is 60.2. The first-order valence-corrected chi connectivity index (χ1v) is 24.8. The van der Waals surface area contributed by atoms with Crippen LogP contribution in [0.5, 0.6) is 0 Å². The first-order valence-electron chi connectivity index (χ1n) is 24.8. The van der Waals surface area contributed by atoms with Crippen LogP contribution in [0.15, 0.2) is 194 Å². The topological polar surface area (TPSA) is 13.1 Å². The van der Waals surface area contributed by atoms with E-state index in [4.69, 9.17) is 0 Å². The SMILES string of the molecule is C1=CC2c3ccccc3C3(c4ccccc4-c4c(N(C5=c6c7c(n(-c8ccc9ccccc9c8)c6=CCC5)CCC=C7)c5ccc6c(c5)c5c(n6-c6ccccc6)CCC=C5)cccc43)C2C=C1. The molecule has 0 amide bonds. The predicted octanol–water partition coefficient (Wildman–Crippen LogP) is 14.2. The van der Waals surface area contributed by atoms with E-state index in [0.29, 0.717) is 5.92 Å². The number of anilines is 2. The van der Waals surface area contributed by atoms with Gasteiger partial charge in [-0.25, -0.2) is 0 Å². The molecule has 9 aromatic rings. The highest BCUT2D eigenvalue weighted by atomic mass is 15.2. The second kappa shape index (κ2) is 14.6. The molecule has 0 aliphatic heterocycles. The van der Waals surface area contributed by atoms with E-state index in [2.05, 4.69) is 226 Å². The van der Waals surface area contributed by atoms with Gasteiger partial charge in [-0.3, -0.25) is 0 Å². The molecule has 0 fully saturated rings. The average Bonchev–Trinajstić information content (AvgIpc) is 4.12. The lowest BCUT2D eigenvalue weighted by atomic mass is 9.65. The number of benzene rings is 7. The Labute approximate surface area is 396 Å². The average molecular weight is 872 g/mol. The summed E-state index contributed by atoms with van der Waals surface area (Å²) in [4.78, 5) is 2.72. The smallest absolute Gasteiger partial charge is 0.0540 e. The van der Waals surface area contributed by atoms with Gasteiger partial charge in [-0.2, -0.15) is 0 Å². The van der Waals surface area contributed by atoms with E-state index in [1.54, 1.807) is 0 Å².